The lowest BCUT2D eigenvalue weighted by molar-refractivity contribution is 0.0793. The van der Waals surface area contributed by atoms with E-state index in [9.17, 15) is 9.59 Å². The van der Waals surface area contributed by atoms with E-state index in [-0.39, 0.29) is 11.9 Å². The zero-order valence-corrected chi connectivity index (χ0v) is 22.5. The summed E-state index contributed by atoms with van der Waals surface area (Å²) >= 11 is 0. The van der Waals surface area contributed by atoms with E-state index in [1.54, 1.807) is 0 Å². The topological polar surface area (TPSA) is 64.7 Å². The van der Waals surface area contributed by atoms with E-state index in [2.05, 4.69) is 45.9 Å². The first-order valence-electron chi connectivity index (χ1n) is 13.8. The summed E-state index contributed by atoms with van der Waals surface area (Å²) in [4.78, 5) is 30.6. The zero-order valence-electron chi connectivity index (χ0n) is 22.5. The molecule has 6 heteroatoms. The van der Waals surface area contributed by atoms with E-state index in [1.165, 1.54) is 11.1 Å². The summed E-state index contributed by atoms with van der Waals surface area (Å²) in [7, 11) is 0. The quantitative estimate of drug-likeness (QED) is 0.391. The molecule has 0 aromatic heterocycles. The van der Waals surface area contributed by atoms with Crippen molar-refractivity contribution < 1.29 is 9.59 Å². The number of urea groups is 1. The molecule has 2 aliphatic rings. The molecule has 2 N–H and O–H groups in total. The van der Waals surface area contributed by atoms with E-state index < -0.39 is 0 Å². The van der Waals surface area contributed by atoms with Crippen LogP contribution >= 0.6 is 0 Å². The lowest BCUT2D eigenvalue weighted by Crippen LogP contribution is -2.36. The normalized spacial score (nSPS) is 15.9. The molecule has 6 nitrogen and oxygen atoms in total. The third-order valence-corrected chi connectivity index (χ3v) is 7.97. The molecule has 2 aliphatic heterocycles. The van der Waals surface area contributed by atoms with Crippen molar-refractivity contribution in [1.29, 1.82) is 0 Å². The minimum atomic E-state index is -0.317. The number of nitrogens with one attached hydrogen (secondary N) is 2. The highest BCUT2D eigenvalue weighted by atomic mass is 16.2. The fraction of sp³-hybridized carbons (Fsp3) is 0.375. The maximum Gasteiger partial charge on any atom is 0.323 e. The number of amides is 3. The molecule has 2 saturated heterocycles. The Kier molecular flexibility index (Phi) is 7.97. The number of hydrogen-bond donors (Lipinski definition) is 2. The summed E-state index contributed by atoms with van der Waals surface area (Å²) in [5, 5.41) is 5.84. The van der Waals surface area contributed by atoms with E-state index in [0.29, 0.717) is 17.2 Å². The SMILES string of the molecule is Cc1ccc(NC(=O)Nc2ccc(N3CCC(Cc4ccccc4)CC3)c(C(=O)N3CCCC3)c2)cc1C. The Hall–Kier alpha value is -3.80. The molecule has 5 rings (SSSR count). The number of likely N-dealkylation sites (tertiary alicyclic amines) is 1. The number of aryl methyl sites for hydroxylation is 2. The predicted octanol–water partition coefficient (Wildman–Crippen LogP) is 6.64. The first kappa shape index (κ1) is 25.8. The van der Waals surface area contributed by atoms with Gasteiger partial charge in [-0.25, -0.2) is 4.79 Å². The molecule has 0 aliphatic carbocycles. The van der Waals surface area contributed by atoms with Crippen LogP contribution in [0.5, 0.6) is 0 Å². The molecule has 0 bridgehead atoms. The van der Waals surface area contributed by atoms with Crippen molar-refractivity contribution in [2.45, 2.75) is 46.0 Å². The zero-order chi connectivity index (χ0) is 26.5. The summed E-state index contributed by atoms with van der Waals surface area (Å²) < 4.78 is 0. The number of anilines is 3. The van der Waals surface area contributed by atoms with Crippen LogP contribution in [0.4, 0.5) is 21.9 Å². The van der Waals surface area contributed by atoms with Crippen molar-refractivity contribution in [3.05, 3.63) is 89.0 Å². The second kappa shape index (κ2) is 11.7. The Bertz CT molecular complexity index is 1280. The van der Waals surface area contributed by atoms with Crippen LogP contribution in [0.2, 0.25) is 0 Å². The van der Waals surface area contributed by atoms with Crippen LogP contribution in [0.3, 0.4) is 0 Å². The largest absolute Gasteiger partial charge is 0.371 e. The molecule has 198 valence electrons. The van der Waals surface area contributed by atoms with Crippen LogP contribution < -0.4 is 15.5 Å². The van der Waals surface area contributed by atoms with E-state index in [0.717, 1.165) is 75.2 Å². The van der Waals surface area contributed by atoms with Crippen LogP contribution in [-0.2, 0) is 6.42 Å². The molecule has 2 fully saturated rings. The molecule has 38 heavy (non-hydrogen) atoms. The highest BCUT2D eigenvalue weighted by Gasteiger charge is 2.27. The molecule has 0 atom stereocenters. The average Bonchev–Trinajstić information content (AvgIpc) is 3.47. The number of piperidine rings is 1. The van der Waals surface area contributed by atoms with E-state index in [1.807, 2.05) is 55.1 Å². The molecule has 0 spiro atoms. The minimum absolute atomic E-state index is 0.0575. The summed E-state index contributed by atoms with van der Waals surface area (Å²) in [5.41, 5.74) is 6.72. The fourth-order valence-corrected chi connectivity index (χ4v) is 5.59. The molecular formula is C32H38N4O2. The Morgan fingerprint density at radius 1 is 0.789 bits per heavy atom. The molecule has 3 aromatic rings. The number of carbonyl (C=O) groups is 2. The second-order valence-corrected chi connectivity index (χ2v) is 10.7. The number of rotatable bonds is 6. The Morgan fingerprint density at radius 2 is 1.45 bits per heavy atom. The fourth-order valence-electron chi connectivity index (χ4n) is 5.59. The highest BCUT2D eigenvalue weighted by Crippen LogP contribution is 2.31. The van der Waals surface area contributed by atoms with E-state index >= 15 is 0 Å². The monoisotopic (exact) mass is 510 g/mol. The lowest BCUT2D eigenvalue weighted by atomic mass is 9.89. The van der Waals surface area contributed by atoms with Gasteiger partial charge >= 0.3 is 6.03 Å². The van der Waals surface area contributed by atoms with Crippen LogP contribution in [-0.4, -0.2) is 43.0 Å². The van der Waals surface area contributed by atoms with Gasteiger partial charge in [0.1, 0.15) is 0 Å². The van der Waals surface area contributed by atoms with Crippen LogP contribution in [0.1, 0.15) is 52.7 Å². The van der Waals surface area contributed by atoms with Crippen LogP contribution in [0.25, 0.3) is 0 Å². The Balaban J connectivity index is 1.30. The van der Waals surface area contributed by atoms with Crippen molar-refractivity contribution >= 4 is 29.0 Å². The van der Waals surface area contributed by atoms with Crippen LogP contribution in [0.15, 0.2) is 66.7 Å². The van der Waals surface area contributed by atoms with Gasteiger partial charge in [0.05, 0.1) is 5.56 Å². The van der Waals surface area contributed by atoms with Gasteiger partial charge in [-0.3, -0.25) is 4.79 Å². The highest BCUT2D eigenvalue weighted by molar-refractivity contribution is 6.04. The first-order chi connectivity index (χ1) is 18.5. The second-order valence-electron chi connectivity index (χ2n) is 10.7. The van der Waals surface area contributed by atoms with Gasteiger partial charge in [-0.15, -0.1) is 0 Å². The summed E-state index contributed by atoms with van der Waals surface area (Å²) in [6.07, 6.45) is 5.40. The van der Waals surface area contributed by atoms with Gasteiger partial charge in [-0.2, -0.15) is 0 Å². The molecule has 0 radical (unpaired) electrons. The molecule has 2 heterocycles. The van der Waals surface area contributed by atoms with Gasteiger partial charge in [0.15, 0.2) is 0 Å². The molecule has 0 unspecified atom stereocenters. The number of hydrogen-bond acceptors (Lipinski definition) is 3. The minimum Gasteiger partial charge on any atom is -0.371 e. The molecule has 3 aromatic carbocycles. The van der Waals surface area contributed by atoms with Crippen molar-refractivity contribution in [2.24, 2.45) is 5.92 Å². The van der Waals surface area contributed by atoms with Crippen molar-refractivity contribution in [3.8, 4) is 0 Å². The summed E-state index contributed by atoms with van der Waals surface area (Å²) in [6, 6.07) is 22.0. The Morgan fingerprint density at radius 3 is 2.13 bits per heavy atom. The average molecular weight is 511 g/mol. The maximum absolute atomic E-state index is 13.6. The van der Waals surface area contributed by atoms with Gasteiger partial charge in [-0.1, -0.05) is 36.4 Å². The third-order valence-electron chi connectivity index (χ3n) is 7.97. The Labute approximate surface area is 226 Å². The summed E-state index contributed by atoms with van der Waals surface area (Å²) in [6.45, 7) is 7.52. The third kappa shape index (κ3) is 6.18. The number of carbonyl (C=O) groups excluding carboxylic acids is 2. The molecule has 3 amide bonds. The lowest BCUT2D eigenvalue weighted by Gasteiger charge is -2.35. The standard InChI is InChI=1S/C32H38N4O2/c1-23-10-11-27(20-24(23)2)33-32(38)34-28-12-13-30(29(22-28)31(37)36-16-6-7-17-36)35-18-14-26(15-19-35)21-25-8-4-3-5-9-25/h3-5,8-13,20,22,26H,6-7,14-19,21H2,1-2H3,(H2,33,34,38). The van der Waals surface area contributed by atoms with Crippen molar-refractivity contribution in [1.82, 2.24) is 4.90 Å². The van der Waals surface area contributed by atoms with Gasteiger partial charge in [0.25, 0.3) is 5.91 Å². The molecule has 0 saturated carbocycles. The van der Waals surface area contributed by atoms with E-state index in [4.69, 9.17) is 0 Å². The number of benzene rings is 3. The smallest absolute Gasteiger partial charge is 0.323 e. The first-order valence-corrected chi connectivity index (χ1v) is 13.8. The van der Waals surface area contributed by atoms with Gasteiger partial charge in [0, 0.05) is 43.2 Å². The van der Waals surface area contributed by atoms with Crippen LogP contribution in [0, 0.1) is 19.8 Å². The van der Waals surface area contributed by atoms with Crippen molar-refractivity contribution in [3.63, 3.8) is 0 Å². The van der Waals surface area contributed by atoms with Crippen molar-refractivity contribution in [2.75, 3.05) is 41.7 Å². The maximum atomic E-state index is 13.6. The molecular weight excluding hydrogens is 472 g/mol. The van der Waals surface area contributed by atoms with Gasteiger partial charge < -0.3 is 20.4 Å². The van der Waals surface area contributed by atoms with Gasteiger partial charge in [0.2, 0.25) is 0 Å². The number of nitrogens with zero attached hydrogens (tertiary/aromatic N) is 2. The predicted molar refractivity (Wildman–Crippen MR) is 155 cm³/mol. The van der Waals surface area contributed by atoms with Gasteiger partial charge in [-0.05, 0) is 98.9 Å². The summed E-state index contributed by atoms with van der Waals surface area (Å²) in [5.74, 6) is 0.712.